The Balaban J connectivity index is 1.36. The first-order chi connectivity index (χ1) is 13.2. The Morgan fingerprint density at radius 1 is 1.22 bits per heavy atom. The lowest BCUT2D eigenvalue weighted by molar-refractivity contribution is 0.241. The minimum atomic E-state index is -0.265. The van der Waals surface area contributed by atoms with Gasteiger partial charge in [-0.25, -0.2) is 9.37 Å². The SMILES string of the molecule is Fc1ccc(OCc2nc(CN3CCC[C@@H]3c3ccc(Br)cn3)cs2)cc1. The molecule has 0 aliphatic carbocycles. The van der Waals surface area contributed by atoms with Gasteiger partial charge < -0.3 is 4.74 Å². The number of benzene rings is 1. The average Bonchev–Trinajstić information content (AvgIpc) is 3.32. The van der Waals surface area contributed by atoms with Gasteiger partial charge in [-0.05, 0) is 71.7 Å². The lowest BCUT2D eigenvalue weighted by atomic mass is 10.1. The van der Waals surface area contributed by atoms with Gasteiger partial charge in [-0.3, -0.25) is 9.88 Å². The smallest absolute Gasteiger partial charge is 0.140 e. The number of rotatable bonds is 6. The molecule has 0 saturated carbocycles. The van der Waals surface area contributed by atoms with E-state index in [2.05, 4.69) is 37.3 Å². The van der Waals surface area contributed by atoms with Gasteiger partial charge in [0.1, 0.15) is 23.2 Å². The van der Waals surface area contributed by atoms with Crippen molar-refractivity contribution in [1.29, 1.82) is 0 Å². The topological polar surface area (TPSA) is 38.2 Å². The maximum absolute atomic E-state index is 12.9. The highest BCUT2D eigenvalue weighted by Crippen LogP contribution is 2.32. The van der Waals surface area contributed by atoms with E-state index in [1.165, 1.54) is 18.6 Å². The van der Waals surface area contributed by atoms with Crippen LogP contribution in [0.15, 0.2) is 52.4 Å². The van der Waals surface area contributed by atoms with Gasteiger partial charge in [0.25, 0.3) is 0 Å². The first-order valence-electron chi connectivity index (χ1n) is 8.84. The molecular weight excluding hydrogens is 429 g/mol. The van der Waals surface area contributed by atoms with E-state index >= 15 is 0 Å². The zero-order valence-corrected chi connectivity index (χ0v) is 17.0. The number of pyridine rings is 1. The first kappa shape index (κ1) is 18.5. The van der Waals surface area contributed by atoms with Crippen LogP contribution in [0.25, 0.3) is 0 Å². The van der Waals surface area contributed by atoms with Crippen LogP contribution >= 0.6 is 27.3 Å². The van der Waals surface area contributed by atoms with Crippen LogP contribution in [0.3, 0.4) is 0 Å². The number of thiazole rings is 1. The molecule has 3 heterocycles. The van der Waals surface area contributed by atoms with E-state index in [0.717, 1.165) is 40.4 Å². The van der Waals surface area contributed by atoms with Gasteiger partial charge in [-0.2, -0.15) is 0 Å². The maximum atomic E-state index is 12.9. The van der Waals surface area contributed by atoms with Crippen molar-refractivity contribution in [3.63, 3.8) is 0 Å². The molecule has 1 aliphatic heterocycles. The van der Waals surface area contributed by atoms with Crippen LogP contribution in [0.2, 0.25) is 0 Å². The van der Waals surface area contributed by atoms with Gasteiger partial charge in [0.2, 0.25) is 0 Å². The first-order valence-corrected chi connectivity index (χ1v) is 10.5. The summed E-state index contributed by atoms with van der Waals surface area (Å²) in [5.74, 6) is 0.383. The number of aromatic nitrogens is 2. The van der Waals surface area contributed by atoms with E-state index in [1.807, 2.05) is 12.3 Å². The minimum Gasteiger partial charge on any atom is -0.486 e. The predicted octanol–water partition coefficient (Wildman–Crippen LogP) is 5.36. The van der Waals surface area contributed by atoms with Crippen LogP contribution < -0.4 is 4.74 Å². The maximum Gasteiger partial charge on any atom is 0.140 e. The highest BCUT2D eigenvalue weighted by Gasteiger charge is 2.27. The molecule has 1 aromatic carbocycles. The van der Waals surface area contributed by atoms with Gasteiger partial charge in [-0.1, -0.05) is 0 Å². The van der Waals surface area contributed by atoms with E-state index < -0.39 is 0 Å². The van der Waals surface area contributed by atoms with Gasteiger partial charge in [0, 0.05) is 22.6 Å². The minimum absolute atomic E-state index is 0.265. The molecule has 2 aromatic heterocycles. The van der Waals surface area contributed by atoms with Gasteiger partial charge in [0.15, 0.2) is 0 Å². The molecular formula is C20H19BrFN3OS. The number of halogens is 2. The summed E-state index contributed by atoms with van der Waals surface area (Å²) in [6.07, 6.45) is 4.16. The van der Waals surface area contributed by atoms with Crippen LogP contribution in [-0.2, 0) is 13.2 Å². The van der Waals surface area contributed by atoms with E-state index in [4.69, 9.17) is 9.72 Å². The molecule has 1 atom stereocenters. The molecule has 4 rings (SSSR count). The molecule has 140 valence electrons. The zero-order valence-electron chi connectivity index (χ0n) is 14.6. The summed E-state index contributed by atoms with van der Waals surface area (Å²) < 4.78 is 19.6. The molecule has 7 heteroatoms. The summed E-state index contributed by atoms with van der Waals surface area (Å²) in [5, 5.41) is 3.01. The van der Waals surface area contributed by atoms with Crippen molar-refractivity contribution in [3.05, 3.63) is 74.7 Å². The van der Waals surface area contributed by atoms with E-state index in [1.54, 1.807) is 23.5 Å². The average molecular weight is 448 g/mol. The highest BCUT2D eigenvalue weighted by atomic mass is 79.9. The molecule has 0 N–H and O–H groups in total. The predicted molar refractivity (Wildman–Crippen MR) is 107 cm³/mol. The number of hydrogen-bond donors (Lipinski definition) is 0. The summed E-state index contributed by atoms with van der Waals surface area (Å²) >= 11 is 5.04. The second kappa shape index (κ2) is 8.46. The fourth-order valence-corrected chi connectivity index (χ4v) is 4.24. The lowest BCUT2D eigenvalue weighted by Crippen LogP contribution is -2.23. The number of ether oxygens (including phenoxy) is 1. The van der Waals surface area contributed by atoms with E-state index in [0.29, 0.717) is 18.4 Å². The summed E-state index contributed by atoms with van der Waals surface area (Å²) in [6.45, 7) is 2.27. The second-order valence-electron chi connectivity index (χ2n) is 6.50. The summed E-state index contributed by atoms with van der Waals surface area (Å²) in [5.41, 5.74) is 2.17. The molecule has 0 unspecified atom stereocenters. The Labute approximate surface area is 170 Å². The number of nitrogens with zero attached hydrogens (tertiary/aromatic N) is 3. The molecule has 1 aliphatic rings. The summed E-state index contributed by atoms with van der Waals surface area (Å²) in [4.78, 5) is 11.7. The second-order valence-corrected chi connectivity index (χ2v) is 8.36. The highest BCUT2D eigenvalue weighted by molar-refractivity contribution is 9.10. The van der Waals surface area contributed by atoms with Crippen molar-refractivity contribution < 1.29 is 9.13 Å². The summed E-state index contributed by atoms with van der Waals surface area (Å²) in [6, 6.07) is 10.5. The van der Waals surface area contributed by atoms with Gasteiger partial charge in [-0.15, -0.1) is 11.3 Å². The summed E-state index contributed by atoms with van der Waals surface area (Å²) in [7, 11) is 0. The molecule has 4 nitrogen and oxygen atoms in total. The largest absolute Gasteiger partial charge is 0.486 e. The van der Waals surface area contributed by atoms with Crippen LogP contribution in [0.1, 0.15) is 35.3 Å². The zero-order chi connectivity index (χ0) is 18.6. The standard InChI is InChI=1S/C20H19BrFN3OS/c21-14-3-8-18(23-10-14)19-2-1-9-25(19)11-16-13-27-20(24-16)12-26-17-6-4-15(22)5-7-17/h3-8,10,13,19H,1-2,9,11-12H2/t19-/m1/s1. The van der Waals surface area contributed by atoms with Crippen molar-refractivity contribution in [2.75, 3.05) is 6.54 Å². The van der Waals surface area contributed by atoms with E-state index in [-0.39, 0.29) is 5.82 Å². The van der Waals surface area contributed by atoms with Crippen molar-refractivity contribution in [2.45, 2.75) is 32.0 Å². The van der Waals surface area contributed by atoms with Crippen molar-refractivity contribution in [3.8, 4) is 5.75 Å². The lowest BCUT2D eigenvalue weighted by Gasteiger charge is -2.23. The Morgan fingerprint density at radius 2 is 2.07 bits per heavy atom. The van der Waals surface area contributed by atoms with Crippen LogP contribution in [0.5, 0.6) is 5.75 Å². The monoisotopic (exact) mass is 447 g/mol. The Hall–Kier alpha value is -1.83. The fourth-order valence-electron chi connectivity index (χ4n) is 3.31. The van der Waals surface area contributed by atoms with Crippen LogP contribution in [0, 0.1) is 5.82 Å². The Kier molecular flexibility index (Phi) is 5.80. The molecule has 1 fully saturated rings. The Bertz CT molecular complexity index is 885. The third-order valence-electron chi connectivity index (χ3n) is 4.60. The van der Waals surface area contributed by atoms with Crippen LogP contribution in [0.4, 0.5) is 4.39 Å². The normalized spacial score (nSPS) is 17.3. The molecule has 27 heavy (non-hydrogen) atoms. The van der Waals surface area contributed by atoms with Crippen molar-refractivity contribution in [1.82, 2.24) is 14.9 Å². The van der Waals surface area contributed by atoms with Crippen molar-refractivity contribution in [2.24, 2.45) is 0 Å². The molecule has 0 amide bonds. The van der Waals surface area contributed by atoms with Crippen LogP contribution in [-0.4, -0.2) is 21.4 Å². The van der Waals surface area contributed by atoms with Crippen molar-refractivity contribution >= 4 is 27.3 Å². The quantitative estimate of drug-likeness (QED) is 0.509. The number of likely N-dealkylation sites (tertiary alicyclic amines) is 1. The fraction of sp³-hybridized carbons (Fsp3) is 0.300. The third kappa shape index (κ3) is 4.72. The molecule has 0 bridgehead atoms. The van der Waals surface area contributed by atoms with Gasteiger partial charge in [0.05, 0.1) is 17.4 Å². The molecule has 0 spiro atoms. The number of hydrogen-bond acceptors (Lipinski definition) is 5. The van der Waals surface area contributed by atoms with Gasteiger partial charge >= 0.3 is 0 Å². The molecule has 3 aromatic rings. The Morgan fingerprint density at radius 3 is 2.85 bits per heavy atom. The molecule has 0 radical (unpaired) electrons. The van der Waals surface area contributed by atoms with E-state index in [9.17, 15) is 4.39 Å². The third-order valence-corrected chi connectivity index (χ3v) is 5.94. The molecule has 1 saturated heterocycles.